The number of benzene rings is 6. The fourth-order valence-corrected chi connectivity index (χ4v) is 14.6. The van der Waals surface area contributed by atoms with E-state index in [1.807, 2.05) is 0 Å². The molecule has 0 fully saturated rings. The van der Waals surface area contributed by atoms with E-state index < -0.39 is 0 Å². The van der Waals surface area contributed by atoms with Crippen LogP contribution in [0.2, 0.25) is 0 Å². The quantitative estimate of drug-likeness (QED) is 0.165. The van der Waals surface area contributed by atoms with Crippen LogP contribution >= 0.6 is 0 Å². The van der Waals surface area contributed by atoms with E-state index in [1.165, 1.54) is 118 Å². The highest BCUT2D eigenvalue weighted by molar-refractivity contribution is 7.01. The van der Waals surface area contributed by atoms with Crippen LogP contribution in [0.3, 0.4) is 0 Å². The lowest BCUT2D eigenvalue weighted by atomic mass is 9.33. The third-order valence-electron chi connectivity index (χ3n) is 20.0. The Bertz CT molecular complexity index is 3540. The van der Waals surface area contributed by atoms with Crippen molar-refractivity contribution >= 4 is 68.4 Å². The van der Waals surface area contributed by atoms with Gasteiger partial charge in [0.15, 0.2) is 0 Å². The van der Waals surface area contributed by atoms with Crippen molar-refractivity contribution < 1.29 is 4.42 Å². The summed E-state index contributed by atoms with van der Waals surface area (Å²) in [4.78, 5) is 5.28. The Labute approximate surface area is 452 Å². The van der Waals surface area contributed by atoms with Crippen LogP contribution < -0.4 is 26.2 Å². The van der Waals surface area contributed by atoms with Crippen LogP contribution in [0, 0.1) is 6.92 Å². The largest absolute Gasteiger partial charge is 0.440 e. The van der Waals surface area contributed by atoms with Gasteiger partial charge in [0.05, 0.1) is 5.69 Å². The topological polar surface area (TPSA) is 19.6 Å². The summed E-state index contributed by atoms with van der Waals surface area (Å²) in [6.45, 7) is 45.9. The van der Waals surface area contributed by atoms with Crippen molar-refractivity contribution in [1.82, 2.24) is 0 Å². The second-order valence-electron chi connectivity index (χ2n) is 30.3. The molecular formula is C71H85BN2O. The van der Waals surface area contributed by atoms with Gasteiger partial charge in [0.1, 0.15) is 5.58 Å². The van der Waals surface area contributed by atoms with Gasteiger partial charge in [-0.1, -0.05) is 167 Å². The summed E-state index contributed by atoms with van der Waals surface area (Å²) in [5, 5.41) is 1.26. The zero-order chi connectivity index (χ0) is 53.7. The number of fused-ring (bicyclic) bond motifs is 9. The molecule has 0 bridgehead atoms. The van der Waals surface area contributed by atoms with Crippen LogP contribution in [0.25, 0.3) is 22.1 Å². The fourth-order valence-electron chi connectivity index (χ4n) is 14.6. The van der Waals surface area contributed by atoms with Gasteiger partial charge in [-0.15, -0.1) is 0 Å². The molecule has 0 saturated heterocycles. The number of rotatable bonds is 3. The van der Waals surface area contributed by atoms with Crippen molar-refractivity contribution in [1.29, 1.82) is 0 Å². The van der Waals surface area contributed by atoms with Crippen molar-refractivity contribution in [3.8, 4) is 11.1 Å². The van der Waals surface area contributed by atoms with Crippen molar-refractivity contribution in [2.45, 2.75) is 213 Å². The summed E-state index contributed by atoms with van der Waals surface area (Å²) >= 11 is 0. The summed E-state index contributed by atoms with van der Waals surface area (Å²) in [6.07, 6.45) is 6.96. The molecule has 0 spiro atoms. The first-order valence-corrected chi connectivity index (χ1v) is 28.7. The predicted molar refractivity (Wildman–Crippen MR) is 324 cm³/mol. The van der Waals surface area contributed by atoms with E-state index in [-0.39, 0.29) is 50.0 Å². The summed E-state index contributed by atoms with van der Waals surface area (Å²) in [6, 6.07) is 39.8. The number of aryl methyl sites for hydroxylation is 1. The summed E-state index contributed by atoms with van der Waals surface area (Å²) in [7, 11) is 0. The van der Waals surface area contributed by atoms with Crippen LogP contribution in [0.4, 0.5) is 34.3 Å². The average Bonchev–Trinajstić information content (AvgIpc) is 3.72. The Morgan fingerprint density at radius 2 is 0.907 bits per heavy atom. The van der Waals surface area contributed by atoms with Gasteiger partial charge in [-0.25, -0.2) is 0 Å². The molecule has 75 heavy (non-hydrogen) atoms. The number of hydrogen-bond acceptors (Lipinski definition) is 3. The molecule has 0 amide bonds. The average molecular weight is 993 g/mol. The monoisotopic (exact) mass is 993 g/mol. The zero-order valence-corrected chi connectivity index (χ0v) is 49.4. The zero-order valence-electron chi connectivity index (χ0n) is 49.4. The Balaban J connectivity index is 1.23. The van der Waals surface area contributed by atoms with Gasteiger partial charge in [-0.3, -0.25) is 4.90 Å². The van der Waals surface area contributed by atoms with Crippen LogP contribution in [0.5, 0.6) is 0 Å². The van der Waals surface area contributed by atoms with E-state index in [0.29, 0.717) is 0 Å². The normalized spacial score (nSPS) is 20.2. The molecular weight excluding hydrogens is 908 g/mol. The molecule has 0 unspecified atom stereocenters. The van der Waals surface area contributed by atoms with E-state index in [4.69, 9.17) is 4.42 Å². The Morgan fingerprint density at radius 3 is 1.47 bits per heavy atom. The lowest BCUT2D eigenvalue weighted by molar-refractivity contribution is 0.332. The lowest BCUT2D eigenvalue weighted by Gasteiger charge is -2.47. The minimum atomic E-state index is -0.0744. The number of anilines is 6. The molecule has 0 N–H and O–H groups in total. The predicted octanol–water partition coefficient (Wildman–Crippen LogP) is 18.1. The van der Waals surface area contributed by atoms with Crippen LogP contribution in [0.15, 0.2) is 101 Å². The van der Waals surface area contributed by atoms with Gasteiger partial charge in [0.2, 0.25) is 5.88 Å². The molecule has 1 aromatic heterocycles. The minimum absolute atomic E-state index is 0.00834. The van der Waals surface area contributed by atoms with Gasteiger partial charge in [-0.2, -0.15) is 0 Å². The molecule has 6 aromatic carbocycles. The molecule has 4 heteroatoms. The van der Waals surface area contributed by atoms with Crippen LogP contribution in [-0.4, -0.2) is 6.71 Å². The smallest absolute Gasteiger partial charge is 0.257 e. The molecule has 2 aliphatic heterocycles. The molecule has 12 rings (SSSR count). The Hall–Kier alpha value is -5.48. The Kier molecular flexibility index (Phi) is 10.6. The van der Waals surface area contributed by atoms with Crippen molar-refractivity contribution in [3.63, 3.8) is 0 Å². The van der Waals surface area contributed by atoms with Gasteiger partial charge >= 0.3 is 0 Å². The van der Waals surface area contributed by atoms with E-state index in [9.17, 15) is 0 Å². The molecule has 7 aromatic rings. The summed E-state index contributed by atoms with van der Waals surface area (Å²) < 4.78 is 7.70. The van der Waals surface area contributed by atoms with E-state index in [0.717, 1.165) is 43.6 Å². The highest BCUT2D eigenvalue weighted by Crippen LogP contribution is 2.55. The van der Waals surface area contributed by atoms with Crippen molar-refractivity contribution in [2.24, 2.45) is 0 Å². The lowest BCUT2D eigenvalue weighted by Crippen LogP contribution is -2.61. The first kappa shape index (κ1) is 50.3. The van der Waals surface area contributed by atoms with Crippen molar-refractivity contribution in [2.75, 3.05) is 9.80 Å². The second kappa shape index (κ2) is 15.8. The van der Waals surface area contributed by atoms with Gasteiger partial charge in [-0.05, 0) is 210 Å². The maximum atomic E-state index is 7.70. The molecule has 0 atom stereocenters. The molecule has 0 radical (unpaired) electrons. The first-order valence-electron chi connectivity index (χ1n) is 28.7. The fraction of sp³-hybridized carbons (Fsp3) is 0.465. The van der Waals surface area contributed by atoms with Gasteiger partial charge in [0.25, 0.3) is 6.71 Å². The second-order valence-corrected chi connectivity index (χ2v) is 30.3. The number of furan rings is 1. The van der Waals surface area contributed by atoms with Crippen LogP contribution in [0.1, 0.15) is 213 Å². The maximum Gasteiger partial charge on any atom is 0.257 e. The van der Waals surface area contributed by atoms with E-state index in [1.54, 1.807) is 0 Å². The number of hydrogen-bond donors (Lipinski definition) is 0. The molecule has 3 aliphatic carbocycles. The van der Waals surface area contributed by atoms with E-state index >= 15 is 0 Å². The maximum absolute atomic E-state index is 7.70. The van der Waals surface area contributed by atoms with Crippen molar-refractivity contribution in [3.05, 3.63) is 147 Å². The molecule has 388 valence electrons. The third kappa shape index (κ3) is 7.62. The highest BCUT2D eigenvalue weighted by Gasteiger charge is 2.50. The van der Waals surface area contributed by atoms with E-state index in [2.05, 4.69) is 238 Å². The summed E-state index contributed by atoms with van der Waals surface area (Å²) in [5.74, 6) is 0.968. The molecule has 3 nitrogen and oxygen atoms in total. The molecule has 5 aliphatic rings. The third-order valence-corrected chi connectivity index (χ3v) is 20.0. The molecule has 0 saturated carbocycles. The van der Waals surface area contributed by atoms with Gasteiger partial charge in [0, 0.05) is 39.2 Å². The van der Waals surface area contributed by atoms with Crippen LogP contribution in [-0.2, 0) is 43.3 Å². The standard InChI is InChI=1S/C71H85BN2O/c1-42-34-58-62-59(35-42)74(56-27-24-45(65(5,6)7)36-47(56)43-20-22-44(23-21-43)64(2,3)4)57-40-53-52(69(14,15)31-32-70(53,16)17)39-55(57)72(62)61-48-38-51-54(71(18,19)33-30-68(51,12)13)41-60(48)75-63(61)73(58)46-25-26-49-50(37-46)67(10,11)29-28-66(49,8)9/h20-27,34-41H,28-33H2,1-19H3. The summed E-state index contributed by atoms with van der Waals surface area (Å²) in [5.41, 5.74) is 26.7. The Morgan fingerprint density at radius 1 is 0.427 bits per heavy atom. The number of nitrogens with zero attached hydrogens (tertiary/aromatic N) is 2. The molecule has 3 heterocycles. The highest BCUT2D eigenvalue weighted by atomic mass is 16.4. The minimum Gasteiger partial charge on any atom is -0.440 e. The first-order chi connectivity index (χ1) is 34.8. The SMILES string of the molecule is Cc1cc2c3c(c1)N(c1ccc4c(c1)C(C)(C)CCC4(C)C)c1oc4cc5c(cc4c1B3c1cc3c(cc1N2c1ccc(C(C)(C)C)cc1-c1ccc(C(C)(C)C)cc1)C(C)(C)CCC3(C)C)C(C)(C)CCC5(C)C. The van der Waals surface area contributed by atoms with Gasteiger partial charge < -0.3 is 9.32 Å².